The molecule has 0 unspecified atom stereocenters. The van der Waals surface area contributed by atoms with Gasteiger partial charge in [-0.1, -0.05) is 67.2 Å². The molecule has 4 N–H and O–H groups in total. The van der Waals surface area contributed by atoms with E-state index in [2.05, 4.69) is 139 Å². The molecule has 1 aliphatic carbocycles. The number of allylic oxidation sites excluding steroid dienone is 6. The summed E-state index contributed by atoms with van der Waals surface area (Å²) < 4.78 is 5.21. The first-order chi connectivity index (χ1) is 40.0. The van der Waals surface area contributed by atoms with Gasteiger partial charge in [-0.15, -0.1) is 0 Å². The standard InChI is InChI=1S/C72H86N8O3/c1-15-20-24-46-38(7)52-31-53-39(8)47(25-21-16-2)60(75-53)36-62-49(27-23-18-4)42(11)70(80-62)68(69-41(10)48(26-22-17-3)61(79-69)35-59(46)74-52)66-43(12)56-32-55-40(9)50(28-29-65(82)83-14)71(77-55)51-30-64(81)67-44(13)57(78-72(51)67)33-58-45(19-5)37(6)54(73-58)34-63(66)76-56/h31-36,40,50,74,76,78,80H,15-30H2,1-14H3/t40-,50-/m0/s1. The maximum Gasteiger partial charge on any atom is 0.305 e. The van der Waals surface area contributed by atoms with Gasteiger partial charge in [0, 0.05) is 85.7 Å². The van der Waals surface area contributed by atoms with E-state index in [4.69, 9.17) is 24.7 Å². The number of ether oxygens (including phenoxy) is 1. The molecule has 0 saturated heterocycles. The molecule has 4 aliphatic heterocycles. The van der Waals surface area contributed by atoms with Crippen molar-refractivity contribution < 1.29 is 14.3 Å². The van der Waals surface area contributed by atoms with Crippen LogP contribution in [0.15, 0.2) is 36.4 Å². The normalized spacial score (nSPS) is 16.0. The second kappa shape index (κ2) is 23.3. The Kier molecular flexibility index (Phi) is 16.1. The van der Waals surface area contributed by atoms with Crippen LogP contribution in [0, 0.1) is 27.7 Å². The first-order valence-electron chi connectivity index (χ1n) is 31.3. The summed E-state index contributed by atoms with van der Waals surface area (Å²) in [5.41, 5.74) is 33.8. The van der Waals surface area contributed by atoms with Crippen molar-refractivity contribution in [2.45, 2.75) is 205 Å². The van der Waals surface area contributed by atoms with Gasteiger partial charge in [-0.05, 0) is 216 Å². The number of ketones is 1. The van der Waals surface area contributed by atoms with Crippen molar-refractivity contribution in [3.8, 4) is 11.1 Å². The van der Waals surface area contributed by atoms with Crippen LogP contribution >= 0.6 is 0 Å². The highest BCUT2D eigenvalue weighted by atomic mass is 16.5. The van der Waals surface area contributed by atoms with E-state index in [-0.39, 0.29) is 36.4 Å². The number of rotatable bonds is 17. The van der Waals surface area contributed by atoms with E-state index in [0.29, 0.717) is 6.42 Å². The van der Waals surface area contributed by atoms with Crippen molar-refractivity contribution in [1.29, 1.82) is 0 Å². The molecule has 0 amide bonds. The third-order valence-electron chi connectivity index (χ3n) is 19.3. The van der Waals surface area contributed by atoms with Crippen LogP contribution in [0.1, 0.15) is 252 Å². The van der Waals surface area contributed by atoms with E-state index >= 15 is 0 Å². The highest BCUT2D eigenvalue weighted by Gasteiger charge is 2.37. The Morgan fingerprint density at radius 3 is 1.69 bits per heavy atom. The van der Waals surface area contributed by atoms with Gasteiger partial charge in [0.15, 0.2) is 5.78 Å². The maximum atomic E-state index is 14.2. The zero-order chi connectivity index (χ0) is 58.7. The Bertz CT molecular complexity index is 4130. The van der Waals surface area contributed by atoms with Gasteiger partial charge in [0.25, 0.3) is 0 Å². The average Bonchev–Trinajstić information content (AvgIpc) is 4.32. The lowest BCUT2D eigenvalue weighted by Gasteiger charge is -2.16. The molecule has 10 heterocycles. The Balaban J connectivity index is 1.34. The molecule has 0 saturated carbocycles. The number of nitrogens with one attached hydrogen (secondary N) is 4. The van der Waals surface area contributed by atoms with Crippen LogP contribution < -0.4 is 0 Å². The molecule has 0 radical (unpaired) electrons. The highest BCUT2D eigenvalue weighted by molar-refractivity contribution is 6.13. The summed E-state index contributed by atoms with van der Waals surface area (Å²) in [7, 11) is 1.45. The fraction of sp³-hybridized carbons (Fsp3) is 0.444. The molecule has 6 aromatic heterocycles. The van der Waals surface area contributed by atoms with E-state index in [0.717, 1.165) is 212 Å². The van der Waals surface area contributed by atoms with Crippen LogP contribution in [0.5, 0.6) is 0 Å². The van der Waals surface area contributed by atoms with E-state index < -0.39 is 0 Å². The molecular weight excluding hydrogens is 1020 g/mol. The number of unbranched alkanes of at least 4 members (excludes halogenated alkanes) is 4. The number of aromatic amines is 4. The summed E-state index contributed by atoms with van der Waals surface area (Å²) in [4.78, 5) is 65.7. The van der Waals surface area contributed by atoms with Crippen molar-refractivity contribution in [2.24, 2.45) is 0 Å². The van der Waals surface area contributed by atoms with Crippen LogP contribution in [0.3, 0.4) is 0 Å². The van der Waals surface area contributed by atoms with Crippen LogP contribution in [0.25, 0.3) is 88.7 Å². The molecule has 2 atom stereocenters. The average molecular weight is 1110 g/mol. The van der Waals surface area contributed by atoms with E-state index in [9.17, 15) is 9.59 Å². The van der Waals surface area contributed by atoms with Crippen LogP contribution in [0.4, 0.5) is 0 Å². The van der Waals surface area contributed by atoms with Crippen molar-refractivity contribution >= 4 is 89.3 Å². The molecule has 16 bridgehead atoms. The quantitative estimate of drug-likeness (QED) is 0.0662. The van der Waals surface area contributed by atoms with Crippen molar-refractivity contribution in [1.82, 2.24) is 39.9 Å². The number of hydrogen-bond acceptors (Lipinski definition) is 7. The third-order valence-corrected chi connectivity index (χ3v) is 19.3. The van der Waals surface area contributed by atoms with E-state index in [1.54, 1.807) is 0 Å². The fourth-order valence-electron chi connectivity index (χ4n) is 14.1. The molecule has 0 spiro atoms. The zero-order valence-corrected chi connectivity index (χ0v) is 51.9. The smallest absolute Gasteiger partial charge is 0.305 e. The van der Waals surface area contributed by atoms with Crippen LogP contribution in [-0.4, -0.2) is 58.7 Å². The molecule has 0 aromatic carbocycles. The van der Waals surface area contributed by atoms with Gasteiger partial charge in [-0.25, -0.2) is 15.0 Å². The topological polar surface area (TPSA) is 158 Å². The number of aryl methyl sites for hydroxylation is 6. The summed E-state index contributed by atoms with van der Waals surface area (Å²) in [5.74, 6) is -0.369. The van der Waals surface area contributed by atoms with Crippen molar-refractivity contribution in [3.05, 3.63) is 126 Å². The van der Waals surface area contributed by atoms with Crippen molar-refractivity contribution in [2.75, 3.05) is 7.11 Å². The van der Waals surface area contributed by atoms with Crippen molar-refractivity contribution in [3.63, 3.8) is 0 Å². The highest BCUT2D eigenvalue weighted by Crippen LogP contribution is 2.48. The van der Waals surface area contributed by atoms with Gasteiger partial charge in [0.1, 0.15) is 0 Å². The number of carbonyl (C=O) groups excluding carboxylic acids is 2. The first-order valence-corrected chi connectivity index (χ1v) is 31.3. The number of Topliss-reactive ketones (excluding diaryl/α,β-unsaturated/α-hetero) is 1. The van der Waals surface area contributed by atoms with Gasteiger partial charge in [-0.3, -0.25) is 14.6 Å². The lowest BCUT2D eigenvalue weighted by atomic mass is 9.85. The third kappa shape index (κ3) is 10.1. The summed E-state index contributed by atoms with van der Waals surface area (Å²) in [6, 6.07) is 13.7. The Hall–Kier alpha value is -7.40. The molecule has 0 fully saturated rings. The minimum Gasteiger partial charge on any atom is -0.469 e. The predicted molar refractivity (Wildman–Crippen MR) is 344 cm³/mol. The van der Waals surface area contributed by atoms with Gasteiger partial charge in [-0.2, -0.15) is 0 Å². The summed E-state index contributed by atoms with van der Waals surface area (Å²) in [6.07, 6.45) is 14.2. The van der Waals surface area contributed by atoms with E-state index in [1.807, 2.05) is 6.92 Å². The molecule has 5 aliphatic rings. The largest absolute Gasteiger partial charge is 0.469 e. The molecule has 11 nitrogen and oxygen atoms in total. The lowest BCUT2D eigenvalue weighted by Crippen LogP contribution is -2.09. The van der Waals surface area contributed by atoms with Gasteiger partial charge in [0.2, 0.25) is 0 Å². The monoisotopic (exact) mass is 1110 g/mol. The molecule has 11 rings (SSSR count). The fourth-order valence-corrected chi connectivity index (χ4v) is 14.1. The summed E-state index contributed by atoms with van der Waals surface area (Å²) >= 11 is 0. The Labute approximate surface area is 490 Å². The molecule has 432 valence electrons. The predicted octanol–water partition coefficient (Wildman–Crippen LogP) is 18.7. The summed E-state index contributed by atoms with van der Waals surface area (Å²) in [5, 5.41) is 0. The van der Waals surface area contributed by atoms with Gasteiger partial charge >= 0.3 is 5.97 Å². The van der Waals surface area contributed by atoms with E-state index in [1.165, 1.54) is 57.2 Å². The number of aromatic nitrogens is 8. The Morgan fingerprint density at radius 1 is 0.530 bits per heavy atom. The van der Waals surface area contributed by atoms with Gasteiger partial charge < -0.3 is 24.7 Å². The number of hydrogen-bond donors (Lipinski definition) is 4. The zero-order valence-electron chi connectivity index (χ0n) is 51.9. The number of esters is 1. The second-order valence-electron chi connectivity index (χ2n) is 24.4. The summed E-state index contributed by atoms with van der Waals surface area (Å²) in [6.45, 7) is 29.2. The van der Waals surface area contributed by atoms with Crippen LogP contribution in [-0.2, 0) is 28.8 Å². The first kappa shape index (κ1) is 57.4. The lowest BCUT2D eigenvalue weighted by molar-refractivity contribution is -0.140. The molecule has 83 heavy (non-hydrogen) atoms. The number of methoxy groups -OCH3 is 1. The molecular formula is C72H86N8O3. The number of H-pyrrole nitrogens is 4. The molecule has 11 heteroatoms. The number of nitrogens with zero attached hydrogens (tertiary/aromatic N) is 4. The van der Waals surface area contributed by atoms with Crippen LogP contribution in [0.2, 0.25) is 0 Å². The minimum absolute atomic E-state index is 0.0719. The number of carbonyl (C=O) groups is 2. The molecule has 6 aromatic rings. The van der Waals surface area contributed by atoms with Gasteiger partial charge in [0.05, 0.1) is 58.0 Å². The maximum absolute atomic E-state index is 14.2. The SMILES string of the molecule is CCCCC1=C(C)c2cc3[nH]c(cc4nc(c(-c5c(C)c6cc7nc(c8c9[nH]c(cc%10nc(cc5[nH]6)C(C)=C%10CC)c(C)c9C(=O)C8)[C@@H](CCC(=O)OC)[C@@H]7C)c5[nH]c(cc1n2)c(CCCC)c5C)C(C)=C4CCCC)c(CCCC)c3C. The second-order valence-corrected chi connectivity index (χ2v) is 24.4. The minimum atomic E-state index is -0.257. The number of fused-ring (bicyclic) bond motifs is 16. The Morgan fingerprint density at radius 2 is 1.04 bits per heavy atom.